The molecule has 0 aromatic carbocycles. The second-order valence-corrected chi connectivity index (χ2v) is 5.12. The second kappa shape index (κ2) is 8.86. The van der Waals surface area contributed by atoms with Gasteiger partial charge < -0.3 is 19.1 Å². The maximum absolute atomic E-state index is 5.60. The summed E-state index contributed by atoms with van der Waals surface area (Å²) in [5, 5.41) is 0. The molecule has 4 nitrogen and oxygen atoms in total. The summed E-state index contributed by atoms with van der Waals surface area (Å²) < 4.78 is 16.5. The fraction of sp³-hybridized carbons (Fsp3) is 1.00. The molecule has 0 bridgehead atoms. The molecule has 1 saturated heterocycles. The van der Waals surface area contributed by atoms with E-state index >= 15 is 0 Å². The van der Waals surface area contributed by atoms with Crippen LogP contribution in [0.1, 0.15) is 20.3 Å². The highest BCUT2D eigenvalue weighted by atomic mass is 16.5. The van der Waals surface area contributed by atoms with Crippen molar-refractivity contribution in [3.63, 3.8) is 0 Å². The SMILES string of the molecule is CC(C)CCOCCOCCOC1CN(C)C1. The Morgan fingerprint density at radius 1 is 1.00 bits per heavy atom. The molecule has 0 atom stereocenters. The number of hydrogen-bond acceptors (Lipinski definition) is 4. The van der Waals surface area contributed by atoms with E-state index in [4.69, 9.17) is 14.2 Å². The summed E-state index contributed by atoms with van der Waals surface area (Å²) >= 11 is 0. The van der Waals surface area contributed by atoms with E-state index < -0.39 is 0 Å². The monoisotopic (exact) mass is 245 g/mol. The highest BCUT2D eigenvalue weighted by Crippen LogP contribution is 2.07. The van der Waals surface area contributed by atoms with E-state index in [1.54, 1.807) is 0 Å². The summed E-state index contributed by atoms with van der Waals surface area (Å²) in [4.78, 5) is 2.24. The lowest BCUT2D eigenvalue weighted by atomic mass is 10.1. The molecule has 17 heavy (non-hydrogen) atoms. The summed E-state index contributed by atoms with van der Waals surface area (Å²) in [5.74, 6) is 0.713. The molecule has 1 aliphatic heterocycles. The number of ether oxygens (including phenoxy) is 3. The van der Waals surface area contributed by atoms with Crippen molar-refractivity contribution in [2.24, 2.45) is 5.92 Å². The first-order chi connectivity index (χ1) is 8.18. The molecule has 0 aromatic rings. The van der Waals surface area contributed by atoms with Gasteiger partial charge in [-0.1, -0.05) is 13.8 Å². The van der Waals surface area contributed by atoms with Gasteiger partial charge in [0.05, 0.1) is 32.5 Å². The van der Waals surface area contributed by atoms with Crippen LogP contribution in [0.2, 0.25) is 0 Å². The molecule has 4 heteroatoms. The first-order valence-electron chi connectivity index (χ1n) is 6.64. The van der Waals surface area contributed by atoms with Crippen LogP contribution in [0, 0.1) is 5.92 Å². The first kappa shape index (κ1) is 14.9. The Bertz CT molecular complexity index is 182. The Balaban J connectivity index is 1.70. The molecule has 1 heterocycles. The predicted molar refractivity (Wildman–Crippen MR) is 68.3 cm³/mol. The third kappa shape index (κ3) is 7.71. The van der Waals surface area contributed by atoms with Crippen molar-refractivity contribution in [1.82, 2.24) is 4.90 Å². The van der Waals surface area contributed by atoms with Crippen LogP contribution >= 0.6 is 0 Å². The van der Waals surface area contributed by atoms with Crippen molar-refractivity contribution in [3.8, 4) is 0 Å². The van der Waals surface area contributed by atoms with Crippen LogP contribution in [0.5, 0.6) is 0 Å². The third-order valence-electron chi connectivity index (χ3n) is 2.82. The smallest absolute Gasteiger partial charge is 0.0829 e. The van der Waals surface area contributed by atoms with Gasteiger partial charge in [0.25, 0.3) is 0 Å². The number of nitrogens with zero attached hydrogens (tertiary/aromatic N) is 1. The van der Waals surface area contributed by atoms with Crippen molar-refractivity contribution in [1.29, 1.82) is 0 Å². The van der Waals surface area contributed by atoms with E-state index in [1.165, 1.54) is 0 Å². The van der Waals surface area contributed by atoms with Gasteiger partial charge in [0, 0.05) is 19.7 Å². The molecule has 1 fully saturated rings. The van der Waals surface area contributed by atoms with E-state index in [1.807, 2.05) is 0 Å². The third-order valence-corrected chi connectivity index (χ3v) is 2.82. The van der Waals surface area contributed by atoms with Crippen molar-refractivity contribution in [2.75, 3.05) is 53.2 Å². The summed E-state index contributed by atoms with van der Waals surface area (Å²) in [5.41, 5.74) is 0. The standard InChI is InChI=1S/C13H27NO3/c1-12(2)4-5-15-6-7-16-8-9-17-13-10-14(3)11-13/h12-13H,4-11H2,1-3H3. The summed E-state index contributed by atoms with van der Waals surface area (Å²) in [7, 11) is 2.10. The largest absolute Gasteiger partial charge is 0.379 e. The van der Waals surface area contributed by atoms with Crippen molar-refractivity contribution in [3.05, 3.63) is 0 Å². The summed E-state index contributed by atoms with van der Waals surface area (Å²) in [6.45, 7) is 10.1. The molecule has 0 radical (unpaired) electrons. The number of likely N-dealkylation sites (tertiary alicyclic amines) is 1. The maximum atomic E-state index is 5.60. The van der Waals surface area contributed by atoms with Gasteiger partial charge in [-0.05, 0) is 19.4 Å². The van der Waals surface area contributed by atoms with Gasteiger partial charge in [0.2, 0.25) is 0 Å². The van der Waals surface area contributed by atoms with E-state index in [2.05, 4.69) is 25.8 Å². The normalized spacial score (nSPS) is 17.6. The van der Waals surface area contributed by atoms with Crippen LogP contribution in [0.4, 0.5) is 0 Å². The molecule has 0 amide bonds. The van der Waals surface area contributed by atoms with Gasteiger partial charge in [-0.2, -0.15) is 0 Å². The van der Waals surface area contributed by atoms with Crippen molar-refractivity contribution in [2.45, 2.75) is 26.4 Å². The maximum Gasteiger partial charge on any atom is 0.0829 e. The van der Waals surface area contributed by atoms with Crippen molar-refractivity contribution < 1.29 is 14.2 Å². The molecular weight excluding hydrogens is 218 g/mol. The quantitative estimate of drug-likeness (QED) is 0.544. The molecule has 1 aliphatic rings. The Labute approximate surface area is 105 Å². The van der Waals surface area contributed by atoms with Crippen LogP contribution in [0.25, 0.3) is 0 Å². The molecule has 0 N–H and O–H groups in total. The minimum Gasteiger partial charge on any atom is -0.379 e. The van der Waals surface area contributed by atoms with Crippen LogP contribution < -0.4 is 0 Å². The van der Waals surface area contributed by atoms with Gasteiger partial charge in [0.1, 0.15) is 0 Å². The lowest BCUT2D eigenvalue weighted by molar-refractivity contribution is -0.0657. The highest BCUT2D eigenvalue weighted by molar-refractivity contribution is 4.76. The van der Waals surface area contributed by atoms with Gasteiger partial charge in [-0.3, -0.25) is 0 Å². The lowest BCUT2D eigenvalue weighted by Crippen LogP contribution is -2.49. The molecule has 0 unspecified atom stereocenters. The molecule has 0 saturated carbocycles. The van der Waals surface area contributed by atoms with Crippen LogP contribution in [0.15, 0.2) is 0 Å². The minimum absolute atomic E-state index is 0.422. The number of hydrogen-bond donors (Lipinski definition) is 0. The average molecular weight is 245 g/mol. The van der Waals surface area contributed by atoms with Crippen LogP contribution in [-0.4, -0.2) is 64.2 Å². The van der Waals surface area contributed by atoms with Gasteiger partial charge >= 0.3 is 0 Å². The second-order valence-electron chi connectivity index (χ2n) is 5.12. The molecule has 102 valence electrons. The van der Waals surface area contributed by atoms with E-state index in [-0.39, 0.29) is 0 Å². The topological polar surface area (TPSA) is 30.9 Å². The highest BCUT2D eigenvalue weighted by Gasteiger charge is 2.23. The zero-order chi connectivity index (χ0) is 12.5. The van der Waals surface area contributed by atoms with Gasteiger partial charge in [-0.15, -0.1) is 0 Å². The van der Waals surface area contributed by atoms with E-state index in [9.17, 15) is 0 Å². The molecule has 0 aliphatic carbocycles. The van der Waals surface area contributed by atoms with Crippen molar-refractivity contribution >= 4 is 0 Å². The Morgan fingerprint density at radius 2 is 1.59 bits per heavy atom. The van der Waals surface area contributed by atoms with Gasteiger partial charge in [-0.25, -0.2) is 0 Å². The average Bonchev–Trinajstić information content (AvgIpc) is 2.23. The Morgan fingerprint density at radius 3 is 2.18 bits per heavy atom. The zero-order valence-electron chi connectivity index (χ0n) is 11.5. The molecule has 0 aromatic heterocycles. The van der Waals surface area contributed by atoms with E-state index in [0.717, 1.165) is 26.1 Å². The molecule has 0 spiro atoms. The predicted octanol–water partition coefficient (Wildman–Crippen LogP) is 1.40. The fourth-order valence-electron chi connectivity index (χ4n) is 1.66. The summed E-state index contributed by atoms with van der Waals surface area (Å²) in [6.07, 6.45) is 1.55. The minimum atomic E-state index is 0.422. The Kier molecular flexibility index (Phi) is 7.77. The first-order valence-corrected chi connectivity index (χ1v) is 6.64. The molecular formula is C13H27NO3. The van der Waals surface area contributed by atoms with Gasteiger partial charge in [0.15, 0.2) is 0 Å². The van der Waals surface area contributed by atoms with Crippen LogP contribution in [-0.2, 0) is 14.2 Å². The fourth-order valence-corrected chi connectivity index (χ4v) is 1.66. The van der Waals surface area contributed by atoms with E-state index in [0.29, 0.717) is 38.4 Å². The number of rotatable bonds is 10. The zero-order valence-corrected chi connectivity index (χ0v) is 11.5. The molecule has 1 rings (SSSR count). The number of likely N-dealkylation sites (N-methyl/N-ethyl adjacent to an activating group) is 1. The lowest BCUT2D eigenvalue weighted by Gasteiger charge is -2.35. The Hall–Kier alpha value is -0.160. The van der Waals surface area contributed by atoms with Crippen LogP contribution in [0.3, 0.4) is 0 Å². The summed E-state index contributed by atoms with van der Waals surface area (Å²) in [6, 6.07) is 0.